The number of carbonyl (C=O) groups excluding carboxylic acids is 3. The van der Waals surface area contributed by atoms with Gasteiger partial charge in [-0.25, -0.2) is 0 Å². The smallest absolute Gasteiger partial charge is 0.321 e. The zero-order valence-electron chi connectivity index (χ0n) is 27.0. The van der Waals surface area contributed by atoms with Crippen LogP contribution in [0.2, 0.25) is 0 Å². The Bertz CT molecular complexity index is 1990. The molecule has 5 heterocycles. The summed E-state index contributed by atoms with van der Waals surface area (Å²) >= 11 is 0. The van der Waals surface area contributed by atoms with Gasteiger partial charge in [-0.3, -0.25) is 14.4 Å². The number of hydrogen-bond donors (Lipinski definition) is 0. The fraction of sp³-hybridized carbons (Fsp3) is 0.361. The number of nitrogens with zero attached hydrogens (tertiary/aromatic N) is 4. The molecule has 0 amide bonds. The third-order valence-electron chi connectivity index (χ3n) is 9.63. The van der Waals surface area contributed by atoms with Gasteiger partial charge in [-0.1, -0.05) is 72.6 Å². The van der Waals surface area contributed by atoms with Crippen LogP contribution in [0.5, 0.6) is 0 Å². The number of rotatable bonds is 6. The predicted octanol–water partition coefficient (Wildman–Crippen LogP) is 3.99. The van der Waals surface area contributed by atoms with E-state index in [1.54, 1.807) is 0 Å². The van der Waals surface area contributed by atoms with Crippen LogP contribution in [0.15, 0.2) is 18.0 Å². The molecule has 0 saturated carbocycles. The van der Waals surface area contributed by atoms with Crippen molar-refractivity contribution in [3.05, 3.63) is 90.1 Å². The Morgan fingerprint density at radius 1 is 0.935 bits per heavy atom. The average Bonchev–Trinajstić information content (AvgIpc) is 3.76. The number of carbonyl (C=O) groups is 3. The van der Waals surface area contributed by atoms with E-state index in [0.29, 0.717) is 40.2 Å². The average molecular weight is 711 g/mol. The number of hydrogen-bond acceptors (Lipinski definition) is 5. The molecule has 0 radical (unpaired) electrons. The monoisotopic (exact) mass is 710 g/mol. The second-order valence-electron chi connectivity index (χ2n) is 11.9. The zero-order chi connectivity index (χ0) is 32.3. The van der Waals surface area contributed by atoms with Crippen molar-refractivity contribution < 1.29 is 44.3 Å². The van der Waals surface area contributed by atoms with E-state index in [4.69, 9.17) is 29.7 Å². The maximum atomic E-state index is 14.0. The maximum absolute atomic E-state index is 14.0. The summed E-state index contributed by atoms with van der Waals surface area (Å²) in [6.07, 6.45) is 9.00. The van der Waals surface area contributed by atoms with Gasteiger partial charge in [0.05, 0.1) is 14.2 Å². The molecule has 0 N–H and O–H groups in total. The number of methoxy groups -OCH3 is 2. The third-order valence-corrected chi connectivity index (χ3v) is 9.63. The van der Waals surface area contributed by atoms with Gasteiger partial charge in [0.15, 0.2) is 5.78 Å². The van der Waals surface area contributed by atoms with Crippen molar-refractivity contribution in [3.63, 3.8) is 0 Å². The van der Waals surface area contributed by atoms with Gasteiger partial charge in [0.2, 0.25) is 0 Å². The SMILES string of the molecule is C=Cc1c2[n-]c(c1C)/C=C1\[N-]/C(=C3\c4[n-]c(c(C)c4C(=O)C3C(=O)OC)/C=c3\[n-]/c(c(C)c3CC)=C\2)C(CCC(=O)OC)C1C.[Pd]. The molecule has 3 aromatic rings. The van der Waals surface area contributed by atoms with Gasteiger partial charge in [-0.2, -0.15) is 11.4 Å². The number of ketones is 1. The third kappa shape index (κ3) is 5.08. The van der Waals surface area contributed by atoms with Crippen molar-refractivity contribution in [2.75, 3.05) is 14.2 Å². The standard InChI is InChI=1S/C36H37N4O5.Pd/c1-9-20-16(3)23-13-25-18(5)22(11-12-29(41)44-7)33(39-25)31-32(36(43)45-8)35(42)30-19(6)26(40-34(30)31)15-28-21(10-2)17(4)24(38-28)14-27(20)37-23;/h9,13-15,18,22,32H,1,10-12H2,2-8H3,(H-,39,40,42);/q-3;/p-1/b24-14-,25-13-,28-15-;. The van der Waals surface area contributed by atoms with E-state index in [0.717, 1.165) is 56.5 Å². The molecule has 3 atom stereocenters. The summed E-state index contributed by atoms with van der Waals surface area (Å²) in [6.45, 7) is 14.1. The Morgan fingerprint density at radius 2 is 1.63 bits per heavy atom. The molecule has 46 heavy (non-hydrogen) atoms. The van der Waals surface area contributed by atoms with Gasteiger partial charge < -0.3 is 29.7 Å². The number of aromatic nitrogens is 3. The molecule has 3 aliphatic rings. The molecule has 0 spiro atoms. The molecule has 0 aromatic carbocycles. The van der Waals surface area contributed by atoms with Crippen molar-refractivity contribution in [2.24, 2.45) is 17.8 Å². The van der Waals surface area contributed by atoms with E-state index in [1.165, 1.54) is 14.2 Å². The normalized spacial score (nSPS) is 23.7. The van der Waals surface area contributed by atoms with Gasteiger partial charge in [-0.15, -0.1) is 33.5 Å². The summed E-state index contributed by atoms with van der Waals surface area (Å²) < 4.78 is 10.1. The zero-order valence-corrected chi connectivity index (χ0v) is 28.6. The molecule has 1 saturated heterocycles. The number of allylic oxidation sites excluding steroid dienone is 2. The largest absolute Gasteiger partial charge is 0.664 e. The summed E-state index contributed by atoms with van der Waals surface area (Å²) in [6, 6.07) is 0. The first-order valence-corrected chi connectivity index (χ1v) is 15.2. The first-order chi connectivity index (χ1) is 21.5. The molecule has 6 rings (SSSR count). The van der Waals surface area contributed by atoms with Crippen molar-refractivity contribution in [2.45, 2.75) is 53.9 Å². The molecule has 3 aromatic heterocycles. The van der Waals surface area contributed by atoms with Crippen LogP contribution in [-0.4, -0.2) is 31.9 Å². The van der Waals surface area contributed by atoms with Crippen LogP contribution < -0.4 is 25.7 Å². The fourth-order valence-electron chi connectivity index (χ4n) is 7.02. The van der Waals surface area contributed by atoms with Gasteiger partial charge in [-0.05, 0) is 51.0 Å². The van der Waals surface area contributed by atoms with Crippen LogP contribution in [0, 0.1) is 38.5 Å². The van der Waals surface area contributed by atoms with E-state index >= 15 is 0 Å². The predicted molar refractivity (Wildman–Crippen MR) is 171 cm³/mol. The molecule has 244 valence electrons. The second-order valence-corrected chi connectivity index (χ2v) is 11.9. The van der Waals surface area contributed by atoms with E-state index in [1.807, 2.05) is 45.1 Å². The minimum atomic E-state index is -1.20. The first kappa shape index (κ1) is 33.2. The topological polar surface area (TPSA) is 126 Å². The Morgan fingerprint density at radius 3 is 2.28 bits per heavy atom. The molecule has 2 aliphatic heterocycles. The van der Waals surface area contributed by atoms with Crippen LogP contribution >= 0.6 is 0 Å². The molecule has 1 fully saturated rings. The van der Waals surface area contributed by atoms with Crippen LogP contribution in [-0.2, 0) is 45.9 Å². The molecule has 10 heteroatoms. The van der Waals surface area contributed by atoms with Gasteiger partial charge in [0.25, 0.3) is 0 Å². The summed E-state index contributed by atoms with van der Waals surface area (Å²) in [5.74, 6) is -3.01. The summed E-state index contributed by atoms with van der Waals surface area (Å²) in [5, 5.41) is 6.70. The van der Waals surface area contributed by atoms with Crippen LogP contribution in [0.25, 0.3) is 35.2 Å². The number of Topliss-reactive ketones (excluding diaryl/α,β-unsaturated/α-hetero) is 1. The number of fused-ring (bicyclic) bond motifs is 7. The van der Waals surface area contributed by atoms with Crippen molar-refractivity contribution in [3.8, 4) is 0 Å². The fourth-order valence-corrected chi connectivity index (χ4v) is 7.02. The molecular formula is C36H36N4O5Pd-4. The Hall–Kier alpha value is -4.13. The van der Waals surface area contributed by atoms with Gasteiger partial charge >= 0.3 is 11.9 Å². The molecular weight excluding hydrogens is 675 g/mol. The molecule has 1 aliphatic carbocycles. The van der Waals surface area contributed by atoms with Crippen LogP contribution in [0.3, 0.4) is 0 Å². The van der Waals surface area contributed by atoms with Gasteiger partial charge in [0, 0.05) is 32.4 Å². The summed E-state index contributed by atoms with van der Waals surface area (Å²) in [4.78, 5) is 54.6. The Kier molecular flexibility index (Phi) is 9.09. The minimum absolute atomic E-state index is 0. The number of ether oxygens (including phenoxy) is 2. The van der Waals surface area contributed by atoms with Crippen molar-refractivity contribution in [1.82, 2.24) is 15.0 Å². The van der Waals surface area contributed by atoms with E-state index in [9.17, 15) is 14.4 Å². The first-order valence-electron chi connectivity index (χ1n) is 15.2. The van der Waals surface area contributed by atoms with Crippen molar-refractivity contribution >= 4 is 47.6 Å². The molecule has 3 unspecified atom stereocenters. The van der Waals surface area contributed by atoms with Crippen molar-refractivity contribution in [1.29, 1.82) is 0 Å². The second kappa shape index (κ2) is 12.6. The molecule has 8 bridgehead atoms. The Labute approximate surface area is 282 Å². The summed E-state index contributed by atoms with van der Waals surface area (Å²) in [5.41, 5.74) is 9.40. The van der Waals surface area contributed by atoms with E-state index in [2.05, 4.69) is 20.4 Å². The molecule has 9 nitrogen and oxygen atoms in total. The maximum Gasteiger partial charge on any atom is 0.321 e. The Balaban J connectivity index is 0.00000417. The quantitative estimate of drug-likeness (QED) is 0.214. The van der Waals surface area contributed by atoms with Crippen LogP contribution in [0.1, 0.15) is 87.6 Å². The van der Waals surface area contributed by atoms with Crippen LogP contribution in [0.4, 0.5) is 0 Å². The summed E-state index contributed by atoms with van der Waals surface area (Å²) in [7, 11) is 2.63. The van der Waals surface area contributed by atoms with E-state index < -0.39 is 11.9 Å². The minimum Gasteiger partial charge on any atom is -0.664 e. The van der Waals surface area contributed by atoms with Gasteiger partial charge in [0.1, 0.15) is 5.92 Å². The number of esters is 2. The van der Waals surface area contributed by atoms with E-state index in [-0.39, 0.29) is 50.4 Å².